The lowest BCUT2D eigenvalue weighted by Crippen LogP contribution is -2.08. The highest BCUT2D eigenvalue weighted by molar-refractivity contribution is 9.06. The summed E-state index contributed by atoms with van der Waals surface area (Å²) in [6.07, 6.45) is -3.38. The third kappa shape index (κ3) is 1.86. The standard InChI is InChI=1S/C4H2BrF3N2O/c5-11-10-2-1-3(9-10)4(6,7)8/h1-2H. The molecule has 1 heterocycles. The fourth-order valence-corrected chi connectivity index (χ4v) is 0.658. The van der Waals surface area contributed by atoms with E-state index in [-0.39, 0.29) is 0 Å². The second-order valence-corrected chi connectivity index (χ2v) is 1.96. The molecule has 1 aromatic rings. The Morgan fingerprint density at radius 1 is 1.55 bits per heavy atom. The average molecular weight is 231 g/mol. The van der Waals surface area contributed by atoms with Gasteiger partial charge in [0.05, 0.1) is 6.20 Å². The molecule has 0 aliphatic rings. The molecular formula is C4H2BrF3N2O. The van der Waals surface area contributed by atoms with Crippen molar-refractivity contribution in [3.63, 3.8) is 0 Å². The fraction of sp³-hybridized carbons (Fsp3) is 0.250. The first kappa shape index (κ1) is 8.38. The molecule has 0 bridgehead atoms. The molecule has 0 fully saturated rings. The Bertz CT molecular complexity index is 246. The van der Waals surface area contributed by atoms with Crippen LogP contribution in [0.5, 0.6) is 0 Å². The lowest BCUT2D eigenvalue weighted by molar-refractivity contribution is -0.142. The highest BCUT2D eigenvalue weighted by Crippen LogP contribution is 2.26. The van der Waals surface area contributed by atoms with Crippen LogP contribution in [0.2, 0.25) is 0 Å². The largest absolute Gasteiger partial charge is 0.435 e. The number of halogens is 4. The zero-order valence-electron chi connectivity index (χ0n) is 4.97. The topological polar surface area (TPSA) is 27.1 Å². The molecule has 0 saturated heterocycles. The van der Waals surface area contributed by atoms with Gasteiger partial charge in [0.1, 0.15) is 0 Å². The van der Waals surface area contributed by atoms with E-state index in [9.17, 15) is 13.2 Å². The van der Waals surface area contributed by atoms with Crippen molar-refractivity contribution in [1.82, 2.24) is 9.94 Å². The molecule has 62 valence electrons. The molecule has 0 aliphatic heterocycles. The van der Waals surface area contributed by atoms with Crippen LogP contribution >= 0.6 is 16.3 Å². The van der Waals surface area contributed by atoms with E-state index in [1.54, 1.807) is 0 Å². The van der Waals surface area contributed by atoms with E-state index in [1.165, 1.54) is 0 Å². The van der Waals surface area contributed by atoms with Crippen molar-refractivity contribution < 1.29 is 17.1 Å². The lowest BCUT2D eigenvalue weighted by atomic mass is 10.4. The van der Waals surface area contributed by atoms with Crippen LogP contribution < -0.4 is 3.93 Å². The molecular weight excluding hydrogens is 229 g/mol. The van der Waals surface area contributed by atoms with Gasteiger partial charge in [0.15, 0.2) is 5.69 Å². The molecule has 7 heteroatoms. The second kappa shape index (κ2) is 2.72. The van der Waals surface area contributed by atoms with Crippen LogP contribution in [0.3, 0.4) is 0 Å². The number of aromatic nitrogens is 2. The molecule has 0 aliphatic carbocycles. The Hall–Kier alpha value is -0.720. The van der Waals surface area contributed by atoms with Crippen molar-refractivity contribution in [2.45, 2.75) is 6.18 Å². The summed E-state index contributed by atoms with van der Waals surface area (Å²) in [5.41, 5.74) is -0.989. The summed E-state index contributed by atoms with van der Waals surface area (Å²) in [6.45, 7) is 0. The number of hydrogen-bond donors (Lipinski definition) is 0. The highest BCUT2D eigenvalue weighted by atomic mass is 79.9. The number of alkyl halides is 3. The molecule has 1 rings (SSSR count). The van der Waals surface area contributed by atoms with Crippen LogP contribution in [0.1, 0.15) is 5.69 Å². The van der Waals surface area contributed by atoms with Crippen molar-refractivity contribution in [2.75, 3.05) is 0 Å². The predicted molar refractivity (Wildman–Crippen MR) is 32.7 cm³/mol. The Kier molecular flexibility index (Phi) is 2.08. The van der Waals surface area contributed by atoms with Crippen molar-refractivity contribution in [3.05, 3.63) is 18.0 Å². The Labute approximate surface area is 68.2 Å². The fourth-order valence-electron chi connectivity index (χ4n) is 0.497. The zero-order valence-corrected chi connectivity index (χ0v) is 6.56. The summed E-state index contributed by atoms with van der Waals surface area (Å²) in [7, 11) is 0. The lowest BCUT2D eigenvalue weighted by Gasteiger charge is -1.99. The molecule has 0 amide bonds. The van der Waals surface area contributed by atoms with Gasteiger partial charge in [0, 0.05) is 0 Å². The summed E-state index contributed by atoms with van der Waals surface area (Å²) in [5, 5.41) is 3.02. The Morgan fingerprint density at radius 2 is 2.18 bits per heavy atom. The minimum absolute atomic E-state index is 0.656. The van der Waals surface area contributed by atoms with Gasteiger partial charge in [-0.2, -0.15) is 13.2 Å². The van der Waals surface area contributed by atoms with Gasteiger partial charge in [-0.3, -0.25) is 0 Å². The van der Waals surface area contributed by atoms with E-state index < -0.39 is 11.9 Å². The Morgan fingerprint density at radius 3 is 2.45 bits per heavy atom. The van der Waals surface area contributed by atoms with Crippen LogP contribution in [0.25, 0.3) is 0 Å². The zero-order chi connectivity index (χ0) is 8.48. The van der Waals surface area contributed by atoms with Crippen molar-refractivity contribution in [1.29, 1.82) is 0 Å². The number of hydrogen-bond acceptors (Lipinski definition) is 2. The maximum absolute atomic E-state index is 11.8. The van der Waals surface area contributed by atoms with Crippen molar-refractivity contribution in [3.8, 4) is 0 Å². The van der Waals surface area contributed by atoms with Gasteiger partial charge in [-0.25, -0.2) is 0 Å². The average Bonchev–Trinajstić information content (AvgIpc) is 2.32. The van der Waals surface area contributed by atoms with Crippen LogP contribution in [-0.2, 0) is 6.18 Å². The van der Waals surface area contributed by atoms with Crippen LogP contribution in [-0.4, -0.2) is 9.94 Å². The van der Waals surface area contributed by atoms with E-state index >= 15 is 0 Å². The summed E-state index contributed by atoms with van der Waals surface area (Å²) in [4.78, 5) is 0.656. The minimum atomic E-state index is -4.42. The smallest absolute Gasteiger partial charge is 0.317 e. The summed E-state index contributed by atoms with van der Waals surface area (Å²) < 4.78 is 39.6. The first-order chi connectivity index (χ1) is 5.04. The van der Waals surface area contributed by atoms with Crippen molar-refractivity contribution in [2.24, 2.45) is 0 Å². The predicted octanol–water partition coefficient (Wildman–Crippen LogP) is 1.64. The van der Waals surface area contributed by atoms with E-state index in [4.69, 9.17) is 0 Å². The molecule has 3 nitrogen and oxygen atoms in total. The first-order valence-corrected chi connectivity index (χ1v) is 3.11. The third-order valence-corrected chi connectivity index (χ3v) is 1.22. The number of nitrogens with zero attached hydrogens (tertiary/aromatic N) is 2. The van der Waals surface area contributed by atoms with Gasteiger partial charge >= 0.3 is 6.18 Å². The quantitative estimate of drug-likeness (QED) is 0.734. The summed E-state index contributed by atoms with van der Waals surface area (Å²) in [5.74, 6) is 0. The normalized spacial score (nSPS) is 11.6. The maximum atomic E-state index is 11.8. The second-order valence-electron chi connectivity index (χ2n) is 1.67. The van der Waals surface area contributed by atoms with E-state index in [0.717, 1.165) is 12.3 Å². The number of rotatable bonds is 1. The summed E-state index contributed by atoms with van der Waals surface area (Å²) >= 11 is 2.47. The van der Waals surface area contributed by atoms with E-state index in [2.05, 4.69) is 25.3 Å². The van der Waals surface area contributed by atoms with Gasteiger partial charge in [-0.15, -0.1) is 5.10 Å². The Balaban J connectivity index is 2.89. The molecule has 0 unspecified atom stereocenters. The van der Waals surface area contributed by atoms with Gasteiger partial charge in [0.25, 0.3) is 0 Å². The van der Waals surface area contributed by atoms with Gasteiger partial charge in [-0.05, 0) is 6.07 Å². The molecule has 0 atom stereocenters. The highest BCUT2D eigenvalue weighted by Gasteiger charge is 2.33. The first-order valence-electron chi connectivity index (χ1n) is 2.46. The van der Waals surface area contributed by atoms with Gasteiger partial charge in [-0.1, -0.05) is 4.85 Å². The van der Waals surface area contributed by atoms with Gasteiger partial charge in [0.2, 0.25) is 16.3 Å². The molecule has 0 saturated carbocycles. The molecule has 11 heavy (non-hydrogen) atoms. The van der Waals surface area contributed by atoms with Crippen LogP contribution in [0, 0.1) is 0 Å². The van der Waals surface area contributed by atoms with Crippen LogP contribution in [0.15, 0.2) is 12.3 Å². The maximum Gasteiger partial charge on any atom is 0.435 e. The summed E-state index contributed by atoms with van der Waals surface area (Å²) in [6, 6.07) is 0.807. The van der Waals surface area contributed by atoms with E-state index in [0.29, 0.717) is 4.85 Å². The monoisotopic (exact) mass is 230 g/mol. The molecule has 0 aromatic carbocycles. The minimum Gasteiger partial charge on any atom is -0.317 e. The molecule has 0 N–H and O–H groups in total. The molecule has 0 spiro atoms. The van der Waals surface area contributed by atoms with Crippen molar-refractivity contribution >= 4 is 16.3 Å². The van der Waals surface area contributed by atoms with Crippen LogP contribution in [0.4, 0.5) is 13.2 Å². The van der Waals surface area contributed by atoms with Gasteiger partial charge < -0.3 is 3.93 Å². The van der Waals surface area contributed by atoms with E-state index in [1.807, 2.05) is 0 Å². The SMILES string of the molecule is FC(F)(F)c1ccn(OBr)n1. The molecule has 1 aromatic heterocycles. The third-order valence-electron chi connectivity index (χ3n) is 0.927. The molecule has 0 radical (unpaired) electrons.